The van der Waals surface area contributed by atoms with E-state index in [1.165, 1.54) is 12.1 Å². The van der Waals surface area contributed by atoms with Crippen LogP contribution in [-0.4, -0.2) is 6.29 Å². The van der Waals surface area contributed by atoms with Gasteiger partial charge in [0.25, 0.3) is 0 Å². The maximum Gasteiger partial charge on any atom is 0.185 e. The van der Waals surface area contributed by atoms with Crippen molar-refractivity contribution in [2.24, 2.45) is 0 Å². The lowest BCUT2D eigenvalue weighted by Gasteiger charge is -1.75. The van der Waals surface area contributed by atoms with E-state index in [-0.39, 0.29) is 11.5 Å². The molecule has 1 aromatic rings. The molecule has 2 heteroatoms. The van der Waals surface area contributed by atoms with E-state index in [1.807, 2.05) is 0 Å². The number of hydrogen-bond donors (Lipinski definition) is 0. The van der Waals surface area contributed by atoms with E-state index in [0.29, 0.717) is 6.29 Å². The van der Waals surface area contributed by atoms with Gasteiger partial charge < -0.3 is 4.42 Å². The lowest BCUT2D eigenvalue weighted by Crippen LogP contribution is -1.66. The first-order valence-corrected chi connectivity index (χ1v) is 2.09. The van der Waals surface area contributed by atoms with E-state index < -0.39 is 0 Å². The van der Waals surface area contributed by atoms with Gasteiger partial charge in [-0.3, -0.25) is 4.79 Å². The highest BCUT2D eigenvalue weighted by Crippen LogP contribution is 2.01. The van der Waals surface area contributed by atoms with E-state index >= 15 is 0 Å². The number of carbonyl (C=O) groups is 1. The summed E-state index contributed by atoms with van der Waals surface area (Å²) in [5.74, 6) is 0.224. The van der Waals surface area contributed by atoms with Crippen molar-refractivity contribution in [2.45, 2.75) is 0 Å². The molecule has 0 aliphatic heterocycles. The molecule has 0 N–H and O–H groups in total. The second-order valence-electron chi connectivity index (χ2n) is 1.32. The third-order valence-electron chi connectivity index (χ3n) is 0.743. The Bertz CT molecular complexity index is 188. The molecule has 0 aliphatic rings. The molecule has 3 radical (unpaired) electrons. The summed E-state index contributed by atoms with van der Waals surface area (Å²) >= 11 is 0. The van der Waals surface area contributed by atoms with Crippen molar-refractivity contribution in [1.29, 1.82) is 0 Å². The predicted octanol–water partition coefficient (Wildman–Crippen LogP) is 1.03. The zero-order chi connectivity index (χ0) is 5.98. The Morgan fingerprint density at radius 3 is 2.62 bits per heavy atom. The molecule has 0 saturated heterocycles. The number of rotatable bonds is 1. The summed E-state index contributed by atoms with van der Waals surface area (Å²) in [6.45, 7) is 6.79. The molecule has 0 saturated carbocycles. The van der Waals surface area contributed by atoms with Crippen LogP contribution in [0.4, 0.5) is 0 Å². The average molecular weight is 107 g/mol. The van der Waals surface area contributed by atoms with Crippen LogP contribution >= 0.6 is 0 Å². The average Bonchev–Trinajstić information content (AvgIpc) is 2.14. The van der Waals surface area contributed by atoms with E-state index in [9.17, 15) is 4.79 Å². The molecule has 0 fully saturated rings. The molecule has 1 aromatic heterocycles. The minimum absolute atomic E-state index is 0.0205. The van der Waals surface area contributed by atoms with Crippen LogP contribution in [0.2, 0.25) is 0 Å². The Hall–Kier alpha value is -1.05. The van der Waals surface area contributed by atoms with Gasteiger partial charge >= 0.3 is 0 Å². The summed E-state index contributed by atoms with van der Waals surface area (Å²) in [5, 5.41) is 0. The number of hydrogen-bond acceptors (Lipinski definition) is 2. The van der Waals surface area contributed by atoms with E-state index in [4.69, 9.17) is 6.92 Å². The van der Waals surface area contributed by atoms with Gasteiger partial charge in [0.15, 0.2) is 12.0 Å². The minimum atomic E-state index is 0.0205. The number of aldehydes is 1. The van der Waals surface area contributed by atoms with Crippen LogP contribution in [0.3, 0.4) is 0 Å². The minimum Gasteiger partial charge on any atom is -0.458 e. The molecule has 0 atom stereocenters. The second-order valence-corrected chi connectivity index (χ2v) is 1.32. The van der Waals surface area contributed by atoms with Crippen LogP contribution in [0.25, 0.3) is 0 Å². The van der Waals surface area contributed by atoms with Gasteiger partial charge in [0.2, 0.25) is 0 Å². The highest BCUT2D eigenvalue weighted by molar-refractivity contribution is 5.70. The molecule has 0 spiro atoms. The third-order valence-corrected chi connectivity index (χ3v) is 0.743. The van der Waals surface area contributed by atoms with Gasteiger partial charge in [-0.1, -0.05) is 0 Å². The normalized spacial score (nSPS) is 9.12. The van der Waals surface area contributed by atoms with Crippen molar-refractivity contribution < 1.29 is 9.21 Å². The second kappa shape index (κ2) is 1.82. The van der Waals surface area contributed by atoms with Crippen LogP contribution in [0, 0.1) is 6.92 Å². The van der Waals surface area contributed by atoms with Crippen molar-refractivity contribution >= 4 is 6.29 Å². The quantitative estimate of drug-likeness (QED) is 0.501. The van der Waals surface area contributed by atoms with E-state index in [0.717, 1.165) is 0 Å². The first-order valence-electron chi connectivity index (χ1n) is 2.09. The largest absolute Gasteiger partial charge is 0.458 e. The van der Waals surface area contributed by atoms with Gasteiger partial charge in [-0.15, -0.1) is 0 Å². The molecule has 39 valence electrons. The SMILES string of the molecule is [C]c1ccc(C=O)o1. The third kappa shape index (κ3) is 0.780. The van der Waals surface area contributed by atoms with Gasteiger partial charge in [-0.25, -0.2) is 0 Å². The Morgan fingerprint density at radius 1 is 1.62 bits per heavy atom. The van der Waals surface area contributed by atoms with Crippen molar-refractivity contribution in [2.75, 3.05) is 0 Å². The molecular weight excluding hydrogens is 104 g/mol. The Balaban J connectivity index is 3.00. The maximum absolute atomic E-state index is 9.84. The Morgan fingerprint density at radius 2 is 2.38 bits per heavy atom. The molecule has 0 unspecified atom stereocenters. The molecule has 1 heterocycles. The highest BCUT2D eigenvalue weighted by Gasteiger charge is 1.92. The Kier molecular flexibility index (Phi) is 1.16. The summed E-state index contributed by atoms with van der Waals surface area (Å²) in [6, 6.07) is 2.87. The van der Waals surface area contributed by atoms with E-state index in [1.54, 1.807) is 0 Å². The molecule has 0 amide bonds. The van der Waals surface area contributed by atoms with Crippen molar-refractivity contribution in [3.63, 3.8) is 0 Å². The summed E-state index contributed by atoms with van der Waals surface area (Å²) < 4.78 is 4.53. The fourth-order valence-electron chi connectivity index (χ4n) is 0.416. The first kappa shape index (κ1) is 5.09. The predicted molar refractivity (Wildman–Crippen MR) is 26.4 cm³/mol. The summed E-state index contributed by atoms with van der Waals surface area (Å²) in [6.07, 6.45) is 0.567. The molecular formula is C6H3O2. The fraction of sp³-hybridized carbons (Fsp3) is 0. The number of carbonyl (C=O) groups excluding carboxylic acids is 1. The maximum atomic E-state index is 9.84. The standard InChI is InChI=1S/C6H3O2/c1-5-2-3-6(4-7)8-5/h2-4H. The monoisotopic (exact) mass is 107 g/mol. The lowest BCUT2D eigenvalue weighted by molar-refractivity contribution is 0.110. The zero-order valence-electron chi connectivity index (χ0n) is 4.05. The zero-order valence-corrected chi connectivity index (χ0v) is 4.05. The van der Waals surface area contributed by atoms with Crippen LogP contribution in [0.15, 0.2) is 16.5 Å². The van der Waals surface area contributed by atoms with Gasteiger partial charge in [0.1, 0.15) is 5.76 Å². The van der Waals surface area contributed by atoms with Gasteiger partial charge in [0.05, 0.1) is 6.92 Å². The smallest absolute Gasteiger partial charge is 0.185 e. The van der Waals surface area contributed by atoms with Crippen LogP contribution < -0.4 is 0 Å². The fourth-order valence-corrected chi connectivity index (χ4v) is 0.416. The Labute approximate surface area is 47.1 Å². The molecule has 8 heavy (non-hydrogen) atoms. The summed E-state index contributed by atoms with van der Waals surface area (Å²) in [7, 11) is 0. The van der Waals surface area contributed by atoms with Crippen LogP contribution in [-0.2, 0) is 0 Å². The lowest BCUT2D eigenvalue weighted by atomic mass is 10.5. The van der Waals surface area contributed by atoms with Crippen LogP contribution in [0.5, 0.6) is 0 Å². The number of furan rings is 1. The van der Waals surface area contributed by atoms with Gasteiger partial charge in [-0.2, -0.15) is 0 Å². The molecule has 2 nitrogen and oxygen atoms in total. The van der Waals surface area contributed by atoms with E-state index in [2.05, 4.69) is 4.42 Å². The first-order chi connectivity index (χ1) is 3.83. The summed E-state index contributed by atoms with van der Waals surface area (Å²) in [5.41, 5.74) is 0. The summed E-state index contributed by atoms with van der Waals surface area (Å²) in [4.78, 5) is 9.84. The molecule has 0 aliphatic carbocycles. The molecule has 1 rings (SSSR count). The van der Waals surface area contributed by atoms with Gasteiger partial charge in [0, 0.05) is 0 Å². The molecule has 0 bridgehead atoms. The van der Waals surface area contributed by atoms with Crippen molar-refractivity contribution in [3.05, 3.63) is 30.6 Å². The molecule has 0 aromatic carbocycles. The van der Waals surface area contributed by atoms with Crippen molar-refractivity contribution in [3.8, 4) is 0 Å². The van der Waals surface area contributed by atoms with Crippen LogP contribution in [0.1, 0.15) is 16.3 Å². The highest BCUT2D eigenvalue weighted by atomic mass is 16.3. The topological polar surface area (TPSA) is 30.2 Å². The van der Waals surface area contributed by atoms with Gasteiger partial charge in [-0.05, 0) is 12.1 Å². The van der Waals surface area contributed by atoms with Crippen molar-refractivity contribution in [1.82, 2.24) is 0 Å².